The van der Waals surface area contributed by atoms with Crippen molar-refractivity contribution >= 4 is 5.78 Å². The second kappa shape index (κ2) is 8.05. The monoisotopic (exact) mass is 456 g/mol. The lowest BCUT2D eigenvalue weighted by molar-refractivity contribution is -0.208. The van der Waals surface area contributed by atoms with Crippen LogP contribution < -0.4 is 0 Å². The van der Waals surface area contributed by atoms with Gasteiger partial charge in [-0.3, -0.25) is 4.79 Å². The van der Waals surface area contributed by atoms with Crippen LogP contribution in [0.3, 0.4) is 0 Å². The molecule has 0 bridgehead atoms. The van der Waals surface area contributed by atoms with Crippen LogP contribution in [0.25, 0.3) is 0 Å². The molecule has 3 fully saturated rings. The lowest BCUT2D eigenvalue weighted by Crippen LogP contribution is -2.65. The summed E-state index contributed by atoms with van der Waals surface area (Å²) in [6.45, 7) is 18.0. The molecule has 4 aliphatic carbocycles. The maximum absolute atomic E-state index is 12.9. The van der Waals surface area contributed by atoms with Crippen molar-refractivity contribution in [2.75, 3.05) is 0 Å². The number of rotatable bonds is 4. The molecule has 0 aliphatic heterocycles. The first-order valence-corrected chi connectivity index (χ1v) is 13.5. The maximum atomic E-state index is 12.9. The van der Waals surface area contributed by atoms with Gasteiger partial charge < -0.3 is 10.2 Å². The van der Waals surface area contributed by atoms with Crippen LogP contribution in [-0.2, 0) is 4.79 Å². The highest BCUT2D eigenvalue weighted by Crippen LogP contribution is 2.74. The normalized spacial score (nSPS) is 43.9. The molecule has 33 heavy (non-hydrogen) atoms. The molecule has 3 saturated carbocycles. The Bertz CT molecular complexity index is 877. The summed E-state index contributed by atoms with van der Waals surface area (Å²) in [5.74, 6) is 1.33. The Morgan fingerprint density at radius 3 is 2.39 bits per heavy atom. The van der Waals surface area contributed by atoms with Gasteiger partial charge in [0.2, 0.25) is 0 Å². The summed E-state index contributed by atoms with van der Waals surface area (Å²) in [6.07, 6.45) is 8.74. The summed E-state index contributed by atoms with van der Waals surface area (Å²) in [7, 11) is 0. The fourth-order valence-electron chi connectivity index (χ4n) is 9.63. The molecule has 0 spiro atoms. The van der Waals surface area contributed by atoms with Crippen LogP contribution in [0, 0.1) is 39.4 Å². The number of aliphatic hydroxyl groups excluding tert-OH is 2. The quantitative estimate of drug-likeness (QED) is 0.467. The predicted molar refractivity (Wildman–Crippen MR) is 135 cm³/mol. The van der Waals surface area contributed by atoms with Gasteiger partial charge in [0, 0.05) is 11.8 Å². The van der Waals surface area contributed by atoms with Crippen molar-refractivity contribution in [3.05, 3.63) is 22.8 Å². The van der Waals surface area contributed by atoms with Gasteiger partial charge in [-0.25, -0.2) is 0 Å². The van der Waals surface area contributed by atoms with Crippen LogP contribution >= 0.6 is 0 Å². The van der Waals surface area contributed by atoms with Crippen molar-refractivity contribution in [3.8, 4) is 0 Å². The second-order valence-corrected chi connectivity index (χ2v) is 13.7. The number of hydrogen-bond acceptors (Lipinski definition) is 3. The fourth-order valence-corrected chi connectivity index (χ4v) is 9.63. The topological polar surface area (TPSA) is 57.5 Å². The van der Waals surface area contributed by atoms with Gasteiger partial charge in [-0.1, -0.05) is 64.3 Å². The van der Waals surface area contributed by atoms with E-state index >= 15 is 0 Å². The van der Waals surface area contributed by atoms with E-state index in [4.69, 9.17) is 0 Å². The summed E-state index contributed by atoms with van der Waals surface area (Å²) in [4.78, 5) is 12.9. The average Bonchev–Trinajstić information content (AvgIpc) is 3.02. The number of fused-ring (bicyclic) bond motifs is 5. The Morgan fingerprint density at radius 2 is 1.76 bits per heavy atom. The number of carbonyl (C=O) groups excluding carboxylic acids is 1. The van der Waals surface area contributed by atoms with E-state index in [1.54, 1.807) is 0 Å². The van der Waals surface area contributed by atoms with Crippen molar-refractivity contribution in [2.24, 2.45) is 39.4 Å². The summed E-state index contributed by atoms with van der Waals surface area (Å²) in [5, 5.41) is 22.4. The van der Waals surface area contributed by atoms with Crippen LogP contribution in [0.5, 0.6) is 0 Å². The molecule has 0 saturated heterocycles. The van der Waals surface area contributed by atoms with Crippen molar-refractivity contribution in [1.82, 2.24) is 0 Å². The number of carbonyl (C=O) groups is 1. The Morgan fingerprint density at radius 1 is 1.09 bits per heavy atom. The highest BCUT2D eigenvalue weighted by Gasteiger charge is 2.69. The molecular formula is C30H48O3. The van der Waals surface area contributed by atoms with E-state index in [1.165, 1.54) is 11.1 Å². The number of ketones is 1. The van der Waals surface area contributed by atoms with Gasteiger partial charge in [-0.05, 0) is 92.8 Å². The minimum absolute atomic E-state index is 0.00633. The first kappa shape index (κ1) is 25.2. The van der Waals surface area contributed by atoms with E-state index in [2.05, 4.69) is 41.5 Å². The third-order valence-corrected chi connectivity index (χ3v) is 11.3. The Balaban J connectivity index is 1.71. The third kappa shape index (κ3) is 3.54. The van der Waals surface area contributed by atoms with E-state index in [0.29, 0.717) is 24.0 Å². The largest absolute Gasteiger partial charge is 0.392 e. The number of aliphatic hydroxyl groups is 2. The highest BCUT2D eigenvalue weighted by atomic mass is 16.3. The van der Waals surface area contributed by atoms with Crippen LogP contribution in [-0.4, -0.2) is 28.2 Å². The minimum atomic E-state index is -0.404. The highest BCUT2D eigenvalue weighted by molar-refractivity contribution is 5.85. The number of allylic oxidation sites excluding steroid dienone is 2. The van der Waals surface area contributed by atoms with Gasteiger partial charge in [-0.2, -0.15) is 0 Å². The van der Waals surface area contributed by atoms with Crippen molar-refractivity contribution < 1.29 is 15.0 Å². The first-order valence-electron chi connectivity index (χ1n) is 13.5. The summed E-state index contributed by atoms with van der Waals surface area (Å²) < 4.78 is 0. The molecule has 0 amide bonds. The summed E-state index contributed by atoms with van der Waals surface area (Å²) in [6, 6.07) is 0. The molecule has 8 atom stereocenters. The van der Waals surface area contributed by atoms with Gasteiger partial charge in [0.25, 0.3) is 0 Å². The Kier molecular flexibility index (Phi) is 6.14. The maximum Gasteiger partial charge on any atom is 0.138 e. The van der Waals surface area contributed by atoms with Gasteiger partial charge in [0.1, 0.15) is 5.78 Å². The van der Waals surface area contributed by atoms with Gasteiger partial charge >= 0.3 is 0 Å². The number of hydrogen-bond donors (Lipinski definition) is 2. The molecule has 2 N–H and O–H groups in total. The van der Waals surface area contributed by atoms with E-state index in [1.807, 2.05) is 19.9 Å². The van der Waals surface area contributed by atoms with Gasteiger partial charge in [0.15, 0.2) is 0 Å². The molecule has 0 aromatic heterocycles. The van der Waals surface area contributed by atoms with Crippen LogP contribution in [0.1, 0.15) is 107 Å². The zero-order valence-corrected chi connectivity index (χ0v) is 22.4. The average molecular weight is 457 g/mol. The Labute approximate surface area is 202 Å². The van der Waals surface area contributed by atoms with Crippen molar-refractivity contribution in [1.29, 1.82) is 0 Å². The van der Waals surface area contributed by atoms with E-state index < -0.39 is 6.10 Å². The zero-order chi connectivity index (χ0) is 24.6. The molecule has 0 radical (unpaired) electrons. The molecule has 186 valence electrons. The molecule has 3 heteroatoms. The van der Waals surface area contributed by atoms with Crippen LogP contribution in [0.2, 0.25) is 0 Å². The SMILES string of the molecule is CC(C)=C[C@@H](O)C[C@@H](C)C1=C2C[C@H](O)C3C4(C)CCC(=O)C(C)(C)C4CCC3(C)C2(C)CC1. The van der Waals surface area contributed by atoms with Crippen molar-refractivity contribution in [3.63, 3.8) is 0 Å². The van der Waals surface area contributed by atoms with Crippen molar-refractivity contribution in [2.45, 2.75) is 119 Å². The molecule has 3 nitrogen and oxygen atoms in total. The molecule has 4 rings (SSSR count). The Hall–Kier alpha value is -0.930. The number of Topliss-reactive ketones (excluding diaryl/α,β-unsaturated/α-hetero) is 1. The van der Waals surface area contributed by atoms with E-state index in [9.17, 15) is 15.0 Å². The first-order chi connectivity index (χ1) is 15.2. The molecule has 5 unspecified atom stereocenters. The lowest BCUT2D eigenvalue weighted by Gasteiger charge is -2.69. The molecular weight excluding hydrogens is 408 g/mol. The molecule has 4 aliphatic rings. The summed E-state index contributed by atoms with van der Waals surface area (Å²) in [5.41, 5.74) is 4.02. The second-order valence-electron chi connectivity index (χ2n) is 13.7. The van der Waals surface area contributed by atoms with Crippen LogP contribution in [0.15, 0.2) is 22.8 Å². The predicted octanol–water partition coefficient (Wildman–Crippen LogP) is 6.63. The molecule has 0 heterocycles. The molecule has 0 aromatic carbocycles. The van der Waals surface area contributed by atoms with Gasteiger partial charge in [0.05, 0.1) is 12.2 Å². The molecule has 0 aromatic rings. The fraction of sp³-hybridized carbons (Fsp3) is 0.833. The smallest absolute Gasteiger partial charge is 0.138 e. The van der Waals surface area contributed by atoms with E-state index in [0.717, 1.165) is 50.5 Å². The zero-order valence-electron chi connectivity index (χ0n) is 22.4. The standard InChI is InChI=1S/C30H48O3/c1-18(2)15-20(31)16-19(3)21-9-13-29(7)22(21)17-23(32)26-28(6)12-11-25(33)27(4,5)24(28)10-14-30(26,29)8/h15,19-20,23-24,26,31-32H,9-14,16-17H2,1-8H3/t19-,20-,23+,24?,26?,28?,29?,30?/m1/s1. The lowest BCUT2D eigenvalue weighted by atomic mass is 9.36. The minimum Gasteiger partial charge on any atom is -0.392 e. The summed E-state index contributed by atoms with van der Waals surface area (Å²) >= 11 is 0. The van der Waals surface area contributed by atoms with Crippen LogP contribution in [0.4, 0.5) is 0 Å². The van der Waals surface area contributed by atoms with E-state index in [-0.39, 0.29) is 33.7 Å². The van der Waals surface area contributed by atoms with Gasteiger partial charge in [-0.15, -0.1) is 0 Å². The third-order valence-electron chi connectivity index (χ3n) is 11.3.